The van der Waals surface area contributed by atoms with Crippen LogP contribution in [0.2, 0.25) is 0 Å². The van der Waals surface area contributed by atoms with Gasteiger partial charge >= 0.3 is 0 Å². The predicted octanol–water partition coefficient (Wildman–Crippen LogP) is -0.531. The zero-order valence-corrected chi connectivity index (χ0v) is 9.03. The molecular formula is C10H16N4O. The van der Waals surface area contributed by atoms with Crippen molar-refractivity contribution in [3.8, 4) is 0 Å². The Balaban J connectivity index is 2.18. The van der Waals surface area contributed by atoms with Crippen molar-refractivity contribution in [1.82, 2.24) is 20.4 Å². The molecule has 0 saturated carbocycles. The van der Waals surface area contributed by atoms with Crippen LogP contribution in [0.25, 0.3) is 0 Å². The number of aromatic nitrogens is 2. The fraction of sp³-hybridized carbons (Fsp3) is 0.600. The highest BCUT2D eigenvalue weighted by atomic mass is 16.1. The number of rotatable bonds is 2. The number of hydrogen-bond donors (Lipinski definition) is 2. The van der Waals surface area contributed by atoms with Crippen molar-refractivity contribution in [2.24, 2.45) is 13.0 Å². The van der Waals surface area contributed by atoms with E-state index in [1.807, 2.05) is 19.4 Å². The first-order valence-corrected chi connectivity index (χ1v) is 5.13. The summed E-state index contributed by atoms with van der Waals surface area (Å²) in [5.41, 5.74) is 1.14. The molecule has 2 atom stereocenters. The summed E-state index contributed by atoms with van der Waals surface area (Å²) in [5, 5.41) is 10.1. The van der Waals surface area contributed by atoms with E-state index in [1.54, 1.807) is 11.7 Å². The van der Waals surface area contributed by atoms with E-state index in [2.05, 4.69) is 15.7 Å². The van der Waals surface area contributed by atoms with E-state index >= 15 is 0 Å². The summed E-state index contributed by atoms with van der Waals surface area (Å²) in [6, 6.07) is 0. The van der Waals surface area contributed by atoms with Crippen molar-refractivity contribution in [2.75, 3.05) is 20.1 Å². The molecule has 2 rings (SSSR count). The Hall–Kier alpha value is -1.36. The van der Waals surface area contributed by atoms with Gasteiger partial charge in [-0.3, -0.25) is 9.48 Å². The highest BCUT2D eigenvalue weighted by Crippen LogP contribution is 2.27. The maximum Gasteiger partial charge on any atom is 0.224 e. The molecule has 0 unspecified atom stereocenters. The zero-order chi connectivity index (χ0) is 10.8. The molecule has 1 aliphatic rings. The van der Waals surface area contributed by atoms with Crippen LogP contribution in [0.4, 0.5) is 0 Å². The van der Waals surface area contributed by atoms with Gasteiger partial charge in [0.15, 0.2) is 0 Å². The maximum absolute atomic E-state index is 11.6. The quantitative estimate of drug-likeness (QED) is 0.687. The fourth-order valence-corrected chi connectivity index (χ4v) is 2.12. The van der Waals surface area contributed by atoms with Gasteiger partial charge in [0.2, 0.25) is 5.91 Å². The number of aryl methyl sites for hydroxylation is 1. The first-order valence-electron chi connectivity index (χ1n) is 5.13. The SMILES string of the molecule is CNC(=O)[C@@H]1CNC[C@@H]1c1cnn(C)c1. The predicted molar refractivity (Wildman–Crippen MR) is 56.4 cm³/mol. The highest BCUT2D eigenvalue weighted by molar-refractivity contribution is 5.80. The van der Waals surface area contributed by atoms with Crippen LogP contribution in [0.5, 0.6) is 0 Å². The Morgan fingerprint density at radius 1 is 1.67 bits per heavy atom. The lowest BCUT2D eigenvalue weighted by molar-refractivity contribution is -0.124. The first kappa shape index (κ1) is 10.2. The van der Waals surface area contributed by atoms with Gasteiger partial charge in [0, 0.05) is 39.3 Å². The molecular weight excluding hydrogens is 192 g/mol. The Bertz CT molecular complexity index is 360. The van der Waals surface area contributed by atoms with Gasteiger partial charge in [-0.25, -0.2) is 0 Å². The molecule has 82 valence electrons. The molecule has 0 radical (unpaired) electrons. The molecule has 0 aromatic carbocycles. The molecule has 0 aliphatic carbocycles. The van der Waals surface area contributed by atoms with Crippen molar-refractivity contribution in [3.05, 3.63) is 18.0 Å². The second-order valence-electron chi connectivity index (χ2n) is 3.93. The Kier molecular flexibility index (Phi) is 2.73. The van der Waals surface area contributed by atoms with Gasteiger partial charge in [0.25, 0.3) is 0 Å². The van der Waals surface area contributed by atoms with Gasteiger partial charge in [0.05, 0.1) is 12.1 Å². The largest absolute Gasteiger partial charge is 0.359 e. The lowest BCUT2D eigenvalue weighted by atomic mass is 9.90. The van der Waals surface area contributed by atoms with Crippen LogP contribution in [0.3, 0.4) is 0 Å². The van der Waals surface area contributed by atoms with Crippen molar-refractivity contribution in [1.29, 1.82) is 0 Å². The van der Waals surface area contributed by atoms with Crippen LogP contribution in [-0.4, -0.2) is 35.8 Å². The zero-order valence-electron chi connectivity index (χ0n) is 9.03. The number of amides is 1. The lowest BCUT2D eigenvalue weighted by Crippen LogP contribution is -2.31. The van der Waals surface area contributed by atoms with E-state index in [9.17, 15) is 4.79 Å². The van der Waals surface area contributed by atoms with Gasteiger partial charge < -0.3 is 10.6 Å². The molecule has 1 saturated heterocycles. The summed E-state index contributed by atoms with van der Waals surface area (Å²) >= 11 is 0. The van der Waals surface area contributed by atoms with Crippen molar-refractivity contribution < 1.29 is 4.79 Å². The monoisotopic (exact) mass is 208 g/mol. The van der Waals surface area contributed by atoms with Gasteiger partial charge in [-0.15, -0.1) is 0 Å². The van der Waals surface area contributed by atoms with E-state index < -0.39 is 0 Å². The van der Waals surface area contributed by atoms with E-state index in [0.29, 0.717) is 0 Å². The Morgan fingerprint density at radius 2 is 2.47 bits per heavy atom. The molecule has 5 nitrogen and oxygen atoms in total. The van der Waals surface area contributed by atoms with E-state index in [-0.39, 0.29) is 17.7 Å². The Labute approximate surface area is 88.8 Å². The Morgan fingerprint density at radius 3 is 3.07 bits per heavy atom. The van der Waals surface area contributed by atoms with E-state index in [4.69, 9.17) is 0 Å². The summed E-state index contributed by atoms with van der Waals surface area (Å²) in [7, 11) is 3.57. The van der Waals surface area contributed by atoms with Gasteiger partial charge in [-0.2, -0.15) is 5.10 Å². The van der Waals surface area contributed by atoms with Gasteiger partial charge in [-0.1, -0.05) is 0 Å². The summed E-state index contributed by atoms with van der Waals surface area (Å²) in [6.07, 6.45) is 3.82. The second-order valence-corrected chi connectivity index (χ2v) is 3.93. The third-order valence-electron chi connectivity index (χ3n) is 2.95. The molecule has 15 heavy (non-hydrogen) atoms. The highest BCUT2D eigenvalue weighted by Gasteiger charge is 2.33. The molecule has 1 aromatic heterocycles. The number of nitrogens with one attached hydrogen (secondary N) is 2. The minimum absolute atomic E-state index is 0.0270. The van der Waals surface area contributed by atoms with Crippen LogP contribution in [0.1, 0.15) is 11.5 Å². The van der Waals surface area contributed by atoms with Crippen molar-refractivity contribution in [2.45, 2.75) is 5.92 Å². The standard InChI is InChI=1S/C10H16N4O/c1-11-10(15)9-5-12-4-8(9)7-3-13-14(2)6-7/h3,6,8-9,12H,4-5H2,1-2H3,(H,11,15)/t8-,9-/m1/s1. The molecule has 2 N–H and O–H groups in total. The number of carbonyl (C=O) groups excluding carboxylic acids is 1. The lowest BCUT2D eigenvalue weighted by Gasteiger charge is -2.15. The topological polar surface area (TPSA) is 59.0 Å². The minimum Gasteiger partial charge on any atom is -0.359 e. The first-order chi connectivity index (χ1) is 7.22. The average Bonchev–Trinajstić information content (AvgIpc) is 2.84. The molecule has 0 bridgehead atoms. The third kappa shape index (κ3) is 1.87. The van der Waals surface area contributed by atoms with E-state index in [1.165, 1.54) is 0 Å². The number of carbonyl (C=O) groups is 1. The van der Waals surface area contributed by atoms with Gasteiger partial charge in [-0.05, 0) is 5.56 Å². The molecule has 0 spiro atoms. The molecule has 1 amide bonds. The molecule has 2 heterocycles. The fourth-order valence-electron chi connectivity index (χ4n) is 2.12. The summed E-state index contributed by atoms with van der Waals surface area (Å²) in [5.74, 6) is 0.381. The normalized spacial score (nSPS) is 25.5. The molecule has 1 aliphatic heterocycles. The summed E-state index contributed by atoms with van der Waals surface area (Å²) < 4.78 is 1.77. The van der Waals surface area contributed by atoms with Crippen LogP contribution in [-0.2, 0) is 11.8 Å². The minimum atomic E-state index is 0.0270. The van der Waals surface area contributed by atoms with Gasteiger partial charge in [0.1, 0.15) is 0 Å². The summed E-state index contributed by atoms with van der Waals surface area (Å²) in [4.78, 5) is 11.6. The second kappa shape index (κ2) is 4.02. The summed E-state index contributed by atoms with van der Waals surface area (Å²) in [6.45, 7) is 1.60. The van der Waals surface area contributed by atoms with Crippen LogP contribution in [0.15, 0.2) is 12.4 Å². The number of nitrogens with zero attached hydrogens (tertiary/aromatic N) is 2. The van der Waals surface area contributed by atoms with Crippen LogP contribution < -0.4 is 10.6 Å². The van der Waals surface area contributed by atoms with Crippen LogP contribution >= 0.6 is 0 Å². The molecule has 1 fully saturated rings. The van der Waals surface area contributed by atoms with Crippen molar-refractivity contribution in [3.63, 3.8) is 0 Å². The van der Waals surface area contributed by atoms with E-state index in [0.717, 1.165) is 18.7 Å². The van der Waals surface area contributed by atoms with Crippen LogP contribution in [0, 0.1) is 5.92 Å². The maximum atomic E-state index is 11.6. The molecule has 1 aromatic rings. The molecule has 5 heteroatoms. The van der Waals surface area contributed by atoms with Crippen molar-refractivity contribution >= 4 is 5.91 Å². The average molecular weight is 208 g/mol. The smallest absolute Gasteiger partial charge is 0.224 e. The number of hydrogen-bond acceptors (Lipinski definition) is 3. The third-order valence-corrected chi connectivity index (χ3v) is 2.95.